The molecule has 1 amide bonds. The van der Waals surface area contributed by atoms with Gasteiger partial charge in [-0.1, -0.05) is 53.4 Å². The molecule has 3 aromatic carbocycles. The first kappa shape index (κ1) is 16.7. The van der Waals surface area contributed by atoms with Crippen LogP contribution in [0.25, 0.3) is 10.9 Å². The number of para-hydroxylation sites is 2. The lowest BCUT2D eigenvalue weighted by Crippen LogP contribution is -2.36. The Labute approximate surface area is 164 Å². The number of rotatable bonds is 2. The van der Waals surface area contributed by atoms with Crippen molar-refractivity contribution in [1.82, 2.24) is 15.0 Å². The molecule has 0 fully saturated rings. The van der Waals surface area contributed by atoms with E-state index in [-0.39, 0.29) is 18.0 Å². The van der Waals surface area contributed by atoms with Gasteiger partial charge in [-0.05, 0) is 36.4 Å². The van der Waals surface area contributed by atoms with Gasteiger partial charge in [-0.3, -0.25) is 14.5 Å². The Kier molecular flexibility index (Phi) is 3.95. The van der Waals surface area contributed by atoms with E-state index in [1.54, 1.807) is 40.9 Å². The van der Waals surface area contributed by atoms with Gasteiger partial charge in [0.15, 0.2) is 0 Å². The van der Waals surface area contributed by atoms with Crippen LogP contribution in [-0.2, 0) is 11.3 Å². The van der Waals surface area contributed by atoms with Crippen LogP contribution in [0.3, 0.4) is 0 Å². The molecule has 0 unspecified atom stereocenters. The number of fused-ring (bicyclic) bond motifs is 3. The van der Waals surface area contributed by atoms with Crippen molar-refractivity contribution < 1.29 is 4.79 Å². The zero-order valence-electron chi connectivity index (χ0n) is 14.6. The van der Waals surface area contributed by atoms with E-state index in [0.29, 0.717) is 10.9 Å². The standard InChI is InChI=1S/C21H14N4O2S/c26-20(13-24-21(27)14-7-1-2-8-15(14)22-23-24)25-16-9-3-5-11-18(16)28-19-12-6-4-10-17(19)25/h1-12H,13H2. The van der Waals surface area contributed by atoms with Crippen molar-refractivity contribution in [1.29, 1.82) is 0 Å². The summed E-state index contributed by atoms with van der Waals surface area (Å²) in [6.07, 6.45) is 0. The Balaban J connectivity index is 1.58. The molecule has 0 N–H and O–H groups in total. The molecule has 1 aromatic heterocycles. The van der Waals surface area contributed by atoms with Gasteiger partial charge in [0.25, 0.3) is 11.5 Å². The van der Waals surface area contributed by atoms with E-state index in [9.17, 15) is 9.59 Å². The molecular formula is C21H14N4O2S. The molecule has 0 radical (unpaired) electrons. The third-order valence-electron chi connectivity index (χ3n) is 4.60. The summed E-state index contributed by atoms with van der Waals surface area (Å²) in [5, 5.41) is 8.47. The van der Waals surface area contributed by atoms with Crippen molar-refractivity contribution in [3.05, 3.63) is 83.2 Å². The maximum Gasteiger partial charge on any atom is 0.278 e. The molecule has 0 aliphatic carbocycles. The average Bonchev–Trinajstić information content (AvgIpc) is 2.74. The molecule has 4 aromatic rings. The monoisotopic (exact) mass is 386 g/mol. The van der Waals surface area contributed by atoms with E-state index in [0.717, 1.165) is 25.8 Å². The van der Waals surface area contributed by atoms with E-state index >= 15 is 0 Å². The molecule has 7 heteroatoms. The number of nitrogens with zero attached hydrogens (tertiary/aromatic N) is 4. The first-order valence-corrected chi connectivity index (χ1v) is 9.55. The molecule has 6 nitrogen and oxygen atoms in total. The molecule has 0 spiro atoms. The van der Waals surface area contributed by atoms with Crippen molar-refractivity contribution in [2.75, 3.05) is 4.90 Å². The van der Waals surface area contributed by atoms with Gasteiger partial charge < -0.3 is 0 Å². The Morgan fingerprint density at radius 3 is 2.18 bits per heavy atom. The second kappa shape index (κ2) is 6.61. The van der Waals surface area contributed by atoms with Crippen LogP contribution in [0.2, 0.25) is 0 Å². The smallest absolute Gasteiger partial charge is 0.277 e. The van der Waals surface area contributed by atoms with Crippen LogP contribution < -0.4 is 10.5 Å². The number of amides is 1. The number of carbonyl (C=O) groups is 1. The molecule has 1 aliphatic rings. The highest BCUT2D eigenvalue weighted by atomic mass is 32.2. The summed E-state index contributed by atoms with van der Waals surface area (Å²) in [6.45, 7) is -0.190. The molecular weight excluding hydrogens is 372 g/mol. The van der Waals surface area contributed by atoms with Gasteiger partial charge in [-0.2, -0.15) is 0 Å². The number of hydrogen-bond donors (Lipinski definition) is 0. The lowest BCUT2D eigenvalue weighted by molar-refractivity contribution is -0.118. The number of anilines is 2. The van der Waals surface area contributed by atoms with Crippen molar-refractivity contribution in [2.24, 2.45) is 0 Å². The van der Waals surface area contributed by atoms with E-state index in [4.69, 9.17) is 0 Å². The summed E-state index contributed by atoms with van der Waals surface area (Å²) in [6, 6.07) is 22.5. The summed E-state index contributed by atoms with van der Waals surface area (Å²) in [5.74, 6) is -0.244. The Morgan fingerprint density at radius 1 is 0.857 bits per heavy atom. The highest BCUT2D eigenvalue weighted by Crippen LogP contribution is 2.47. The fourth-order valence-corrected chi connectivity index (χ4v) is 4.36. The Bertz CT molecular complexity index is 1240. The number of hydrogen-bond acceptors (Lipinski definition) is 5. The molecule has 0 saturated carbocycles. The molecule has 2 heterocycles. The van der Waals surface area contributed by atoms with Crippen LogP contribution in [0.4, 0.5) is 11.4 Å². The summed E-state index contributed by atoms with van der Waals surface area (Å²) in [4.78, 5) is 29.6. The third kappa shape index (κ3) is 2.68. The number of benzene rings is 3. The summed E-state index contributed by atoms with van der Waals surface area (Å²) in [5.41, 5.74) is 1.80. The fourth-order valence-electron chi connectivity index (χ4n) is 3.30. The minimum Gasteiger partial charge on any atom is -0.277 e. The lowest BCUT2D eigenvalue weighted by atomic mass is 10.2. The number of carbonyl (C=O) groups excluding carboxylic acids is 1. The topological polar surface area (TPSA) is 68.1 Å². The van der Waals surface area contributed by atoms with Gasteiger partial charge in [0, 0.05) is 9.79 Å². The molecule has 136 valence electrons. The van der Waals surface area contributed by atoms with Gasteiger partial charge in [0.05, 0.1) is 16.8 Å². The molecule has 28 heavy (non-hydrogen) atoms. The highest BCUT2D eigenvalue weighted by Gasteiger charge is 2.28. The van der Waals surface area contributed by atoms with Gasteiger partial charge in [-0.15, -0.1) is 5.10 Å². The number of aromatic nitrogens is 3. The first-order chi connectivity index (χ1) is 13.7. The van der Waals surface area contributed by atoms with Crippen LogP contribution >= 0.6 is 11.8 Å². The van der Waals surface area contributed by atoms with Crippen LogP contribution in [0.15, 0.2) is 87.4 Å². The quantitative estimate of drug-likeness (QED) is 0.526. The zero-order valence-corrected chi connectivity index (χ0v) is 15.5. The maximum absolute atomic E-state index is 13.3. The molecule has 0 saturated heterocycles. The van der Waals surface area contributed by atoms with Gasteiger partial charge >= 0.3 is 0 Å². The SMILES string of the molecule is O=C(Cn1nnc2ccccc2c1=O)N1c2ccccc2Sc2ccccc21. The first-order valence-electron chi connectivity index (χ1n) is 8.74. The zero-order chi connectivity index (χ0) is 19.1. The fraction of sp³-hybridized carbons (Fsp3) is 0.0476. The largest absolute Gasteiger partial charge is 0.278 e. The van der Waals surface area contributed by atoms with E-state index in [1.165, 1.54) is 0 Å². The second-order valence-corrected chi connectivity index (χ2v) is 7.42. The minimum atomic E-state index is -0.327. The van der Waals surface area contributed by atoms with Gasteiger partial charge in [0.2, 0.25) is 0 Å². The Hall–Kier alpha value is -3.45. The van der Waals surface area contributed by atoms with Crippen LogP contribution in [0, 0.1) is 0 Å². The van der Waals surface area contributed by atoms with Crippen molar-refractivity contribution in [3.63, 3.8) is 0 Å². The lowest BCUT2D eigenvalue weighted by Gasteiger charge is -2.31. The van der Waals surface area contributed by atoms with Crippen molar-refractivity contribution in [2.45, 2.75) is 16.3 Å². The van der Waals surface area contributed by atoms with Crippen molar-refractivity contribution >= 4 is 39.9 Å². The minimum absolute atomic E-state index is 0.190. The maximum atomic E-state index is 13.3. The van der Waals surface area contributed by atoms with E-state index in [2.05, 4.69) is 10.3 Å². The van der Waals surface area contributed by atoms with E-state index in [1.807, 2.05) is 48.5 Å². The Morgan fingerprint density at radius 2 is 1.46 bits per heavy atom. The van der Waals surface area contributed by atoms with Crippen molar-refractivity contribution in [3.8, 4) is 0 Å². The van der Waals surface area contributed by atoms with Gasteiger partial charge in [0.1, 0.15) is 12.1 Å². The predicted octanol–water partition coefficient (Wildman–Crippen LogP) is 3.62. The molecule has 0 atom stereocenters. The van der Waals surface area contributed by atoms with Crippen LogP contribution in [0.5, 0.6) is 0 Å². The predicted molar refractivity (Wildman–Crippen MR) is 108 cm³/mol. The summed E-state index contributed by atoms with van der Waals surface area (Å²) >= 11 is 1.62. The van der Waals surface area contributed by atoms with E-state index < -0.39 is 0 Å². The second-order valence-electron chi connectivity index (χ2n) is 6.34. The van der Waals surface area contributed by atoms with Crippen LogP contribution in [-0.4, -0.2) is 20.9 Å². The summed E-state index contributed by atoms with van der Waals surface area (Å²) < 4.78 is 1.12. The summed E-state index contributed by atoms with van der Waals surface area (Å²) in [7, 11) is 0. The average molecular weight is 386 g/mol. The molecule has 5 rings (SSSR count). The van der Waals surface area contributed by atoms with Crippen LogP contribution in [0.1, 0.15) is 0 Å². The highest BCUT2D eigenvalue weighted by molar-refractivity contribution is 7.99. The normalized spacial score (nSPS) is 12.5. The molecule has 0 bridgehead atoms. The third-order valence-corrected chi connectivity index (χ3v) is 5.73. The molecule has 1 aliphatic heterocycles. The van der Waals surface area contributed by atoms with Gasteiger partial charge in [-0.25, -0.2) is 4.68 Å².